The van der Waals surface area contributed by atoms with Gasteiger partial charge in [-0.2, -0.15) is 0 Å². The van der Waals surface area contributed by atoms with Crippen molar-refractivity contribution in [2.24, 2.45) is 0 Å². The summed E-state index contributed by atoms with van der Waals surface area (Å²) in [6, 6.07) is 14.5. The molecule has 0 aromatic heterocycles. The zero-order chi connectivity index (χ0) is 17.3. The molecule has 0 radical (unpaired) electrons. The fourth-order valence-electron chi connectivity index (χ4n) is 2.71. The minimum atomic E-state index is -1.27. The van der Waals surface area contributed by atoms with Gasteiger partial charge in [-0.25, -0.2) is 0 Å². The Morgan fingerprint density at radius 1 is 0.826 bits per heavy atom. The van der Waals surface area contributed by atoms with Crippen LogP contribution in [0.3, 0.4) is 0 Å². The van der Waals surface area contributed by atoms with Gasteiger partial charge >= 0.3 is 0 Å². The predicted octanol–water partition coefficient (Wildman–Crippen LogP) is 6.00. The van der Waals surface area contributed by atoms with Crippen LogP contribution >= 0.6 is 8.69 Å². The molecule has 0 heterocycles. The molecule has 0 fully saturated rings. The van der Waals surface area contributed by atoms with Crippen LogP contribution in [-0.2, 0) is 15.4 Å². The molecule has 3 heteroatoms. The summed E-state index contributed by atoms with van der Waals surface area (Å²) in [6.07, 6.45) is 0. The molecule has 0 amide bonds. The summed E-state index contributed by atoms with van der Waals surface area (Å²) >= 11 is 0. The van der Waals surface area contributed by atoms with E-state index in [1.54, 1.807) is 0 Å². The summed E-state index contributed by atoms with van der Waals surface area (Å²) in [4.78, 5) is 0. The Morgan fingerprint density at radius 2 is 1.48 bits per heavy atom. The normalized spacial score (nSPS) is 12.8. The number of rotatable bonds is 3. The van der Waals surface area contributed by atoms with Crippen molar-refractivity contribution in [3.8, 4) is 16.9 Å². The number of hydrogen-bond acceptors (Lipinski definition) is 2. The van der Waals surface area contributed by atoms with Gasteiger partial charge in [0.1, 0.15) is 5.75 Å². The molecule has 0 aliphatic rings. The first-order valence-electron chi connectivity index (χ1n) is 7.99. The van der Waals surface area contributed by atoms with Crippen LogP contribution in [0, 0.1) is 0 Å². The maximum absolute atomic E-state index is 11.0. The molecule has 2 rings (SSSR count). The van der Waals surface area contributed by atoms with E-state index in [1.165, 1.54) is 11.1 Å². The van der Waals surface area contributed by atoms with E-state index in [0.717, 1.165) is 11.1 Å². The minimum Gasteiger partial charge on any atom is -0.446 e. The van der Waals surface area contributed by atoms with Crippen LogP contribution in [0.5, 0.6) is 5.75 Å². The summed E-state index contributed by atoms with van der Waals surface area (Å²) in [5, 5.41) is 0. The quantitative estimate of drug-likeness (QED) is 0.645. The van der Waals surface area contributed by atoms with E-state index in [1.807, 2.05) is 24.3 Å². The molecule has 0 spiro atoms. The van der Waals surface area contributed by atoms with Crippen LogP contribution in [0.1, 0.15) is 52.7 Å². The van der Waals surface area contributed by atoms with E-state index in [4.69, 9.17) is 4.52 Å². The molecule has 0 N–H and O–H groups in total. The Labute approximate surface area is 141 Å². The van der Waals surface area contributed by atoms with E-state index in [2.05, 4.69) is 59.7 Å². The standard InChI is InChI=1S/C20H27O2P/c1-19(2,3)14-11-12-15(17(13-14)20(4,5)6)16-9-7-8-10-18(16)22-23-21/h7-13H,23H2,1-6H3. The summed E-state index contributed by atoms with van der Waals surface area (Å²) in [5.74, 6) is 0.687. The lowest BCUT2D eigenvalue weighted by molar-refractivity contribution is 0.525. The van der Waals surface area contributed by atoms with Gasteiger partial charge in [0.2, 0.25) is 8.69 Å². The lowest BCUT2D eigenvalue weighted by Gasteiger charge is -2.28. The van der Waals surface area contributed by atoms with Crippen LogP contribution in [0.2, 0.25) is 0 Å². The van der Waals surface area contributed by atoms with Gasteiger partial charge in [-0.3, -0.25) is 4.57 Å². The average molecular weight is 330 g/mol. The van der Waals surface area contributed by atoms with Gasteiger partial charge in [0.25, 0.3) is 0 Å². The highest BCUT2D eigenvalue weighted by atomic mass is 31.1. The van der Waals surface area contributed by atoms with Gasteiger partial charge in [-0.15, -0.1) is 0 Å². The van der Waals surface area contributed by atoms with Crippen molar-refractivity contribution in [2.45, 2.75) is 52.4 Å². The highest BCUT2D eigenvalue weighted by molar-refractivity contribution is 7.17. The van der Waals surface area contributed by atoms with E-state index in [0.29, 0.717) is 5.75 Å². The lowest BCUT2D eigenvalue weighted by Crippen LogP contribution is -2.17. The molecule has 0 saturated heterocycles. The summed E-state index contributed by atoms with van der Waals surface area (Å²) in [5.41, 5.74) is 4.86. The zero-order valence-corrected chi connectivity index (χ0v) is 16.1. The van der Waals surface area contributed by atoms with Gasteiger partial charge in [0.05, 0.1) is 0 Å². The van der Waals surface area contributed by atoms with Crippen molar-refractivity contribution in [2.75, 3.05) is 0 Å². The van der Waals surface area contributed by atoms with Gasteiger partial charge in [-0.05, 0) is 33.6 Å². The molecule has 0 aliphatic carbocycles. The summed E-state index contributed by atoms with van der Waals surface area (Å²) < 4.78 is 16.4. The van der Waals surface area contributed by atoms with Crippen LogP contribution < -0.4 is 4.52 Å². The molecule has 0 bridgehead atoms. The van der Waals surface area contributed by atoms with Crippen molar-refractivity contribution < 1.29 is 9.09 Å². The molecular weight excluding hydrogens is 303 g/mol. The van der Waals surface area contributed by atoms with Crippen LogP contribution in [-0.4, -0.2) is 0 Å². The number of para-hydroxylation sites is 1. The second kappa shape index (κ2) is 6.53. The average Bonchev–Trinajstić information content (AvgIpc) is 2.46. The molecule has 23 heavy (non-hydrogen) atoms. The van der Waals surface area contributed by atoms with Crippen LogP contribution in [0.15, 0.2) is 42.5 Å². The van der Waals surface area contributed by atoms with Crippen molar-refractivity contribution in [3.63, 3.8) is 0 Å². The fraction of sp³-hybridized carbons (Fsp3) is 0.400. The third-order valence-electron chi connectivity index (χ3n) is 4.05. The first-order valence-corrected chi connectivity index (χ1v) is 8.93. The van der Waals surface area contributed by atoms with E-state index in [-0.39, 0.29) is 10.8 Å². The van der Waals surface area contributed by atoms with Crippen LogP contribution in [0.25, 0.3) is 11.1 Å². The molecule has 2 nitrogen and oxygen atoms in total. The number of hydrogen-bond donors (Lipinski definition) is 0. The SMILES string of the molecule is CC(C)(C)c1ccc(-c2ccccc2O[PH2]=O)c(C(C)(C)C)c1. The third kappa shape index (κ3) is 4.06. The number of benzene rings is 2. The molecule has 0 saturated carbocycles. The van der Waals surface area contributed by atoms with Crippen molar-refractivity contribution >= 4 is 8.69 Å². The van der Waals surface area contributed by atoms with Gasteiger partial charge in [0, 0.05) is 5.56 Å². The Morgan fingerprint density at radius 3 is 2.04 bits per heavy atom. The molecule has 2 aromatic rings. The maximum Gasteiger partial charge on any atom is 0.225 e. The van der Waals surface area contributed by atoms with E-state index in [9.17, 15) is 4.57 Å². The Hall–Kier alpha value is -1.53. The Bertz CT molecular complexity index is 706. The Balaban J connectivity index is 2.70. The maximum atomic E-state index is 11.0. The first kappa shape index (κ1) is 17.8. The molecular formula is C20H27O2P. The van der Waals surface area contributed by atoms with Gasteiger partial charge < -0.3 is 4.52 Å². The zero-order valence-electron chi connectivity index (χ0n) is 14.9. The largest absolute Gasteiger partial charge is 0.446 e. The summed E-state index contributed by atoms with van der Waals surface area (Å²) in [7, 11) is -1.27. The fourth-order valence-corrected chi connectivity index (χ4v) is 3.02. The van der Waals surface area contributed by atoms with Crippen molar-refractivity contribution in [3.05, 3.63) is 53.6 Å². The monoisotopic (exact) mass is 330 g/mol. The second-order valence-corrected chi connectivity index (χ2v) is 8.40. The summed E-state index contributed by atoms with van der Waals surface area (Å²) in [6.45, 7) is 13.4. The molecule has 1 unspecified atom stereocenters. The molecule has 0 aliphatic heterocycles. The van der Waals surface area contributed by atoms with Gasteiger partial charge in [0.15, 0.2) is 0 Å². The molecule has 1 atom stereocenters. The van der Waals surface area contributed by atoms with Crippen molar-refractivity contribution in [1.82, 2.24) is 0 Å². The second-order valence-electron chi connectivity index (χ2n) is 7.97. The van der Waals surface area contributed by atoms with E-state index < -0.39 is 8.69 Å². The highest BCUT2D eigenvalue weighted by Gasteiger charge is 2.23. The minimum absolute atomic E-state index is 0.00796. The van der Waals surface area contributed by atoms with Gasteiger partial charge in [-0.1, -0.05) is 77.9 Å². The Kier molecular flexibility index (Phi) is 5.06. The smallest absolute Gasteiger partial charge is 0.225 e. The molecule has 124 valence electrons. The lowest BCUT2D eigenvalue weighted by atomic mass is 9.77. The molecule has 2 aromatic carbocycles. The topological polar surface area (TPSA) is 26.3 Å². The van der Waals surface area contributed by atoms with Crippen molar-refractivity contribution in [1.29, 1.82) is 0 Å². The first-order chi connectivity index (χ1) is 10.6. The van der Waals surface area contributed by atoms with Crippen LogP contribution in [0.4, 0.5) is 0 Å². The van der Waals surface area contributed by atoms with E-state index >= 15 is 0 Å². The predicted molar refractivity (Wildman–Crippen MR) is 100 cm³/mol. The third-order valence-corrected chi connectivity index (χ3v) is 4.40. The highest BCUT2D eigenvalue weighted by Crippen LogP contribution is 2.40.